The molecule has 5 aliphatic carbocycles. The maximum atomic E-state index is 12.6. The van der Waals surface area contributed by atoms with E-state index < -0.39 is 29.1 Å². The van der Waals surface area contributed by atoms with Crippen molar-refractivity contribution >= 4 is 64.4 Å². The van der Waals surface area contributed by atoms with E-state index in [0.717, 1.165) is 95.0 Å². The van der Waals surface area contributed by atoms with Crippen LogP contribution in [0.25, 0.3) is 17.2 Å². The van der Waals surface area contributed by atoms with Crippen LogP contribution >= 0.6 is 0 Å². The topological polar surface area (TPSA) is 234 Å². The van der Waals surface area contributed by atoms with Gasteiger partial charge in [-0.05, 0) is 235 Å². The third-order valence-electron chi connectivity index (χ3n) is 22.9. The van der Waals surface area contributed by atoms with Crippen molar-refractivity contribution in [3.8, 4) is 0 Å². The Morgan fingerprint density at radius 1 is 0.418 bits per heavy atom. The minimum absolute atomic E-state index is 0. The fraction of sp³-hybridized carbons (Fsp3) is 0.404. The summed E-state index contributed by atoms with van der Waals surface area (Å²) in [6, 6.07) is 41.9. The van der Waals surface area contributed by atoms with Crippen LogP contribution in [0.3, 0.4) is 0 Å². The summed E-state index contributed by atoms with van der Waals surface area (Å²) >= 11 is 0. The standard InChI is InChI=1S/C23H22O3.C18H26O3.C16H20O3.C15H18O.C14H16O2.C8H6O3.Zn/c1-15-12-13-23(2,3)20-14-18(9-10-19(15)20)21(24)11-6-16-4-7-17(8-5-16)22(25)26;1-5-18(19)9-8-16(2,3)15-12-13(6-7-14(15)18)17(4)20-10-11-21-17;1-15(2)7-6-14(17)12-5-4-11(10-13(12)15)16(3)18-8-9-19-16;1-10-7-8-15(3,4)14-9-12(11(2)16)5-6-13(10)14;1-9(15)10-4-5-11-12(8-10)14(2,3)7-6-13(11)16;9-5-6-1-3-7(4-2-6)8(10)11;/h4-12,14H,13H2,1-3H3,(H,25,26);6-7,12,19H,5,8-11H2,1-4H3;4-5,10H,6-9H2,1-3H3;5-7,9H,8H2,1-4H3;4-5,8H,6-7H2,1-3H3;1-5H,(H,10,11);/b11-6+;;;;;;. The molecule has 7 aliphatic rings. The monoisotopic (exact) mass is 1540 g/mol. The molecule has 2 saturated heterocycles. The molecule has 0 saturated carbocycles. The van der Waals surface area contributed by atoms with Crippen molar-refractivity contribution in [1.29, 1.82) is 0 Å². The zero-order chi connectivity index (χ0) is 80.0. The summed E-state index contributed by atoms with van der Waals surface area (Å²) in [4.78, 5) is 90.4. The van der Waals surface area contributed by atoms with Crippen LogP contribution in [0.5, 0.6) is 0 Å². The van der Waals surface area contributed by atoms with Gasteiger partial charge in [0, 0.05) is 76.8 Å². The summed E-state index contributed by atoms with van der Waals surface area (Å²) in [5.41, 5.74) is 19.2. The molecule has 7 aromatic carbocycles. The van der Waals surface area contributed by atoms with Gasteiger partial charge in [-0.3, -0.25) is 28.8 Å². The van der Waals surface area contributed by atoms with E-state index in [0.29, 0.717) is 62.2 Å². The van der Waals surface area contributed by atoms with Gasteiger partial charge < -0.3 is 34.3 Å². The van der Waals surface area contributed by atoms with Crippen molar-refractivity contribution in [2.45, 2.75) is 220 Å². The molecular formula is C94H108O15Zn. The second-order valence-electron chi connectivity index (χ2n) is 33.2. The molecule has 110 heavy (non-hydrogen) atoms. The zero-order valence-corrected chi connectivity index (χ0v) is 70.3. The van der Waals surface area contributed by atoms with Crippen molar-refractivity contribution in [1.82, 2.24) is 0 Å². The van der Waals surface area contributed by atoms with Gasteiger partial charge in [-0.15, -0.1) is 0 Å². The molecule has 3 N–H and O–H groups in total. The molecule has 0 aromatic heterocycles. The third-order valence-corrected chi connectivity index (χ3v) is 22.9. The first-order valence-corrected chi connectivity index (χ1v) is 37.9. The van der Waals surface area contributed by atoms with Gasteiger partial charge in [-0.2, -0.15) is 0 Å². The molecule has 2 heterocycles. The first-order valence-electron chi connectivity index (χ1n) is 37.9. The maximum absolute atomic E-state index is 12.6. The number of carbonyl (C=O) groups is 8. The predicted octanol–water partition coefficient (Wildman–Crippen LogP) is 20.4. The number of ether oxygens (including phenoxy) is 4. The molecule has 14 rings (SSSR count). The van der Waals surface area contributed by atoms with Gasteiger partial charge in [0.25, 0.3) is 0 Å². The van der Waals surface area contributed by atoms with E-state index in [-0.39, 0.29) is 86.6 Å². The molecule has 0 spiro atoms. The number of benzene rings is 7. The van der Waals surface area contributed by atoms with Crippen molar-refractivity contribution in [2.24, 2.45) is 0 Å². The summed E-state index contributed by atoms with van der Waals surface area (Å²) in [7, 11) is 0. The Morgan fingerprint density at radius 3 is 1.19 bits per heavy atom. The third kappa shape index (κ3) is 19.9. The molecular weight excluding hydrogens is 1430 g/mol. The van der Waals surface area contributed by atoms with Gasteiger partial charge in [0.15, 0.2) is 40.5 Å². The summed E-state index contributed by atoms with van der Waals surface area (Å²) in [5, 5.41) is 28.3. The van der Waals surface area contributed by atoms with Gasteiger partial charge in [0.1, 0.15) is 6.29 Å². The van der Waals surface area contributed by atoms with Crippen molar-refractivity contribution in [3.63, 3.8) is 0 Å². The zero-order valence-electron chi connectivity index (χ0n) is 67.3. The first-order chi connectivity index (χ1) is 51.1. The molecule has 16 heteroatoms. The molecule has 15 nitrogen and oxygen atoms in total. The Bertz CT molecular complexity index is 4720. The number of aromatic carboxylic acids is 2. The van der Waals surface area contributed by atoms with Gasteiger partial charge >= 0.3 is 11.9 Å². The maximum Gasteiger partial charge on any atom is 0.335 e. The second-order valence-corrected chi connectivity index (χ2v) is 33.2. The number of aliphatic hydroxyl groups is 1. The first kappa shape index (κ1) is 86.7. The largest absolute Gasteiger partial charge is 0.478 e. The van der Waals surface area contributed by atoms with Gasteiger partial charge in [-0.25, -0.2) is 9.59 Å². The Labute approximate surface area is 662 Å². The minimum atomic E-state index is -0.984. The fourth-order valence-electron chi connectivity index (χ4n) is 15.1. The van der Waals surface area contributed by atoms with E-state index in [1.807, 2.05) is 62.4 Å². The van der Waals surface area contributed by atoms with E-state index in [1.54, 1.807) is 44.2 Å². The smallest absolute Gasteiger partial charge is 0.335 e. The van der Waals surface area contributed by atoms with Crippen molar-refractivity contribution < 1.29 is 92.1 Å². The van der Waals surface area contributed by atoms with Gasteiger partial charge in [0.2, 0.25) is 0 Å². The average molecular weight is 1540 g/mol. The molecule has 1 unspecified atom stereocenters. The number of hydrogen-bond acceptors (Lipinski definition) is 13. The Kier molecular flexibility index (Phi) is 27.5. The van der Waals surface area contributed by atoms with Crippen LogP contribution in [-0.2, 0) is 82.7 Å². The number of carboxylic acid groups (broad SMARTS) is 2. The predicted molar refractivity (Wildman–Crippen MR) is 429 cm³/mol. The average Bonchev–Trinajstić information content (AvgIpc) is 0.942. The minimum Gasteiger partial charge on any atom is -0.478 e. The van der Waals surface area contributed by atoms with Gasteiger partial charge in [0.05, 0.1) is 43.2 Å². The molecule has 2 aliphatic heterocycles. The summed E-state index contributed by atoms with van der Waals surface area (Å²) in [6.45, 7) is 37.9. The number of carbonyl (C=O) groups excluding carboxylic acids is 6. The number of allylic oxidation sites excluding steroid dienone is 5. The van der Waals surface area contributed by atoms with Crippen LogP contribution < -0.4 is 0 Å². The fourth-order valence-corrected chi connectivity index (χ4v) is 15.1. The van der Waals surface area contributed by atoms with Crippen molar-refractivity contribution in [2.75, 3.05) is 26.4 Å². The number of Topliss-reactive ketones (excluding diaryl/α,β-unsaturated/α-hetero) is 4. The number of hydrogen-bond donors (Lipinski definition) is 3. The van der Waals surface area contributed by atoms with Crippen LogP contribution in [0.2, 0.25) is 0 Å². The summed E-state index contributed by atoms with van der Waals surface area (Å²) in [5.74, 6) is -2.66. The Balaban J connectivity index is 0.000000168. The van der Waals surface area contributed by atoms with E-state index in [9.17, 15) is 43.5 Å². The van der Waals surface area contributed by atoms with Crippen LogP contribution in [0, 0.1) is 0 Å². The van der Waals surface area contributed by atoms with Crippen molar-refractivity contribution in [3.05, 3.63) is 263 Å². The molecule has 1 atom stereocenters. The van der Waals surface area contributed by atoms with E-state index in [4.69, 9.17) is 29.2 Å². The molecule has 2 fully saturated rings. The summed E-state index contributed by atoms with van der Waals surface area (Å²) in [6.07, 6.45) is 16.1. The number of aldehydes is 1. The molecule has 576 valence electrons. The number of rotatable bonds is 11. The molecule has 0 radical (unpaired) electrons. The number of ketones is 5. The number of carboxylic acids is 2. The normalized spacial score (nSPS) is 19.7. The molecule has 0 amide bonds. The van der Waals surface area contributed by atoms with E-state index in [2.05, 4.69) is 132 Å². The van der Waals surface area contributed by atoms with E-state index in [1.165, 1.54) is 81.4 Å². The van der Waals surface area contributed by atoms with Crippen LogP contribution in [0.1, 0.15) is 320 Å². The Hall–Kier alpha value is -8.86. The molecule has 0 bridgehead atoms. The van der Waals surface area contributed by atoms with E-state index >= 15 is 0 Å². The van der Waals surface area contributed by atoms with Gasteiger partial charge in [-0.1, -0.05) is 179 Å². The molecule has 7 aromatic rings. The quantitative estimate of drug-likeness (QED) is 0.0473. The van der Waals surface area contributed by atoms with Crippen LogP contribution in [0.4, 0.5) is 0 Å². The van der Waals surface area contributed by atoms with Crippen LogP contribution in [-0.4, -0.2) is 88.9 Å². The van der Waals surface area contributed by atoms with Crippen LogP contribution in [0.15, 0.2) is 158 Å². The Morgan fingerprint density at radius 2 is 0.773 bits per heavy atom. The second kappa shape index (κ2) is 34.8. The summed E-state index contributed by atoms with van der Waals surface area (Å²) < 4.78 is 23.0. The SMILES string of the molecule is CC(=O)c1ccc2c(c1)C(C)(C)CC=C2C.CC(=O)c1ccc2c(c1)C(C)(C)CCC2=O.CC1(C)CCC(=O)c2ccc(C3(C)OCCO3)cc21.CC1=CCC(C)(C)c2cc(C(=O)/C=C/c3ccc(C(=O)O)cc3)ccc21.CCC1(O)CCC(C)(C)c2cc(C3(C)OCCO3)ccc21.O=Cc1ccc(C(=O)O)cc1.[Zn]. The number of fused-ring (bicyclic) bond motifs is 5.